The quantitative estimate of drug-likeness (QED) is 0.0627. The van der Waals surface area contributed by atoms with Gasteiger partial charge in [0.15, 0.2) is 0 Å². The molecule has 0 aliphatic rings. The lowest BCUT2D eigenvalue weighted by Crippen LogP contribution is -2.00. The van der Waals surface area contributed by atoms with Crippen molar-refractivity contribution in [3.8, 4) is 0 Å². The molecule has 0 fully saturated rings. The first-order chi connectivity index (χ1) is 19.3. The van der Waals surface area contributed by atoms with Crippen LogP contribution < -0.4 is 0 Å². The lowest BCUT2D eigenvalue weighted by atomic mass is 10.8. The van der Waals surface area contributed by atoms with Gasteiger partial charge in [-0.05, 0) is 6.26 Å². The topological polar surface area (TPSA) is 37.3 Å². The van der Waals surface area contributed by atoms with E-state index in [0.717, 1.165) is 11.5 Å². The van der Waals surface area contributed by atoms with E-state index in [1.165, 1.54) is 127 Å². The van der Waals surface area contributed by atoms with Crippen LogP contribution in [-0.2, 0) is 4.79 Å². The van der Waals surface area contributed by atoms with E-state index in [1.807, 2.05) is 23.5 Å². The van der Waals surface area contributed by atoms with Gasteiger partial charge in [0.25, 0.3) is 0 Å². The fourth-order valence-corrected chi connectivity index (χ4v) is 15.4. The summed E-state index contributed by atoms with van der Waals surface area (Å²) in [6.07, 6.45) is 2.19. The minimum absolute atomic E-state index is 0.236. The zero-order chi connectivity index (χ0) is 28.3. The monoisotopic (exact) mass is 766 g/mol. The normalized spacial score (nSPS) is 11.4. The summed E-state index contributed by atoms with van der Waals surface area (Å²) >= 11 is 24.5. The maximum atomic E-state index is 10.4. The second-order valence-corrected chi connectivity index (χ2v) is 21.9. The van der Waals surface area contributed by atoms with Gasteiger partial charge in [0.05, 0.1) is 5.75 Å². The van der Waals surface area contributed by atoms with Crippen LogP contribution in [0.25, 0.3) is 0 Å². The Kier molecular flexibility index (Phi) is 43.4. The van der Waals surface area contributed by atoms with E-state index >= 15 is 0 Å². The van der Waals surface area contributed by atoms with Crippen molar-refractivity contribution in [3.05, 3.63) is 0 Å². The molecule has 0 aromatic rings. The van der Waals surface area contributed by atoms with Crippen molar-refractivity contribution in [2.24, 2.45) is 0 Å². The first-order valence-electron chi connectivity index (χ1n) is 13.3. The van der Waals surface area contributed by atoms with Crippen molar-refractivity contribution in [2.75, 3.05) is 139 Å². The van der Waals surface area contributed by atoms with E-state index in [0.29, 0.717) is 0 Å². The van der Waals surface area contributed by atoms with Gasteiger partial charge in [0, 0.05) is 127 Å². The van der Waals surface area contributed by atoms with Gasteiger partial charge in [0.1, 0.15) is 0 Å². The van der Waals surface area contributed by atoms with Gasteiger partial charge in [-0.2, -0.15) is 129 Å². The largest absolute Gasteiger partial charge is 0.481 e. The molecule has 0 aliphatic heterocycles. The molecule has 2 nitrogen and oxygen atoms in total. The summed E-state index contributed by atoms with van der Waals surface area (Å²) in [5.74, 6) is 27.5. The molecule has 0 unspecified atom stereocenters. The second kappa shape index (κ2) is 39.7. The van der Waals surface area contributed by atoms with E-state index < -0.39 is 5.97 Å². The van der Waals surface area contributed by atoms with Crippen LogP contribution in [-0.4, -0.2) is 150 Å². The number of carboxylic acid groups (broad SMARTS) is 1. The van der Waals surface area contributed by atoms with Gasteiger partial charge in [0.2, 0.25) is 0 Å². The Balaban J connectivity index is 3.02. The third kappa shape index (κ3) is 41.7. The maximum absolute atomic E-state index is 10.4. The van der Waals surface area contributed by atoms with Crippen molar-refractivity contribution in [1.29, 1.82) is 0 Å². The zero-order valence-electron chi connectivity index (χ0n) is 23.5. The summed E-state index contributed by atoms with van der Waals surface area (Å²) in [4.78, 5) is 10.4. The average molecular weight is 767 g/mol. The van der Waals surface area contributed by atoms with Gasteiger partial charge in [-0.15, -0.1) is 11.8 Å². The molecule has 0 saturated heterocycles. The Morgan fingerprint density at radius 1 is 0.359 bits per heavy atom. The molecule has 0 bridgehead atoms. The molecule has 0 saturated carbocycles. The Hall–Kier alpha value is 3.67. The van der Waals surface area contributed by atoms with E-state index in [-0.39, 0.29) is 5.75 Å². The average Bonchev–Trinajstić information content (AvgIpc) is 2.93. The van der Waals surface area contributed by atoms with Crippen molar-refractivity contribution < 1.29 is 9.90 Å². The number of hydrogen-bond donors (Lipinski definition) is 1. The van der Waals surface area contributed by atoms with Crippen LogP contribution >= 0.6 is 141 Å². The Bertz CT molecular complexity index is 480. The van der Waals surface area contributed by atoms with Crippen LogP contribution in [0.1, 0.15) is 0 Å². The van der Waals surface area contributed by atoms with Gasteiger partial charge in [-0.25, -0.2) is 0 Å². The van der Waals surface area contributed by atoms with Crippen LogP contribution in [0.2, 0.25) is 0 Å². The van der Waals surface area contributed by atoms with Crippen molar-refractivity contribution in [3.63, 3.8) is 0 Å². The minimum Gasteiger partial charge on any atom is -0.481 e. The van der Waals surface area contributed by atoms with E-state index in [4.69, 9.17) is 5.11 Å². The highest BCUT2D eigenvalue weighted by atomic mass is 32.2. The summed E-state index contributed by atoms with van der Waals surface area (Å²) in [6.45, 7) is 0. The van der Waals surface area contributed by atoms with E-state index in [2.05, 4.69) is 112 Å². The summed E-state index contributed by atoms with van der Waals surface area (Å²) in [7, 11) is 0. The molecular weight excluding hydrogens is 717 g/mol. The van der Waals surface area contributed by atoms with Crippen LogP contribution in [0, 0.1) is 0 Å². The first kappa shape index (κ1) is 42.7. The maximum Gasteiger partial charge on any atom is 0.313 e. The SMILES string of the molecule is CSCCSCCSCCSCCSCCSCCSCCSCCSCCSCCSCCSCC(=O)O. The van der Waals surface area contributed by atoms with Crippen LogP contribution in [0.5, 0.6) is 0 Å². The van der Waals surface area contributed by atoms with Crippen molar-refractivity contribution in [2.45, 2.75) is 0 Å². The molecule has 0 spiro atoms. The molecular formula is C25H50O2S12. The highest BCUT2D eigenvalue weighted by molar-refractivity contribution is 8.07. The second-order valence-electron chi connectivity index (χ2n) is 7.56. The van der Waals surface area contributed by atoms with Crippen LogP contribution in [0.3, 0.4) is 0 Å². The molecule has 0 aliphatic carbocycles. The summed E-state index contributed by atoms with van der Waals surface area (Å²) in [6, 6.07) is 0. The zero-order valence-corrected chi connectivity index (χ0v) is 33.3. The fourth-order valence-electron chi connectivity index (χ4n) is 2.50. The Morgan fingerprint density at radius 2 is 0.538 bits per heavy atom. The number of aliphatic carboxylic acids is 1. The van der Waals surface area contributed by atoms with Gasteiger partial charge in [-0.3, -0.25) is 4.79 Å². The predicted molar refractivity (Wildman–Crippen MR) is 217 cm³/mol. The molecule has 0 rings (SSSR count). The van der Waals surface area contributed by atoms with Crippen molar-refractivity contribution >= 4 is 147 Å². The molecule has 14 heteroatoms. The molecule has 0 atom stereocenters. The lowest BCUT2D eigenvalue weighted by molar-refractivity contribution is -0.133. The first-order valence-corrected chi connectivity index (χ1v) is 27.4. The standard InChI is InChI=1S/C25H50O2S12/c1-28-2-3-29-4-5-30-6-7-31-8-9-32-10-11-33-12-13-34-14-15-35-16-17-36-18-19-37-20-21-38-22-23-39-24-25(26)27/h2-24H2,1H3,(H,26,27). The molecule has 0 heterocycles. The van der Waals surface area contributed by atoms with Gasteiger partial charge < -0.3 is 5.11 Å². The summed E-state index contributed by atoms with van der Waals surface area (Å²) < 4.78 is 0. The van der Waals surface area contributed by atoms with Crippen LogP contribution in [0.4, 0.5) is 0 Å². The number of carboxylic acids is 1. The Labute approximate surface area is 292 Å². The molecule has 0 amide bonds. The third-order valence-corrected chi connectivity index (χ3v) is 18.6. The van der Waals surface area contributed by atoms with Crippen molar-refractivity contribution in [1.82, 2.24) is 0 Å². The molecule has 234 valence electrons. The fraction of sp³-hybridized carbons (Fsp3) is 0.960. The predicted octanol–water partition coefficient (Wildman–Crippen LogP) is 8.50. The summed E-state index contributed by atoms with van der Waals surface area (Å²) in [5, 5.41) is 8.59. The third-order valence-electron chi connectivity index (χ3n) is 4.38. The lowest BCUT2D eigenvalue weighted by Gasteiger charge is -2.05. The number of carbonyl (C=O) groups is 1. The van der Waals surface area contributed by atoms with Crippen LogP contribution in [0.15, 0.2) is 0 Å². The van der Waals surface area contributed by atoms with Gasteiger partial charge >= 0.3 is 5.97 Å². The highest BCUT2D eigenvalue weighted by Crippen LogP contribution is 2.16. The molecule has 0 aromatic heterocycles. The Morgan fingerprint density at radius 3 is 0.718 bits per heavy atom. The molecule has 39 heavy (non-hydrogen) atoms. The smallest absolute Gasteiger partial charge is 0.313 e. The number of rotatable bonds is 35. The van der Waals surface area contributed by atoms with Gasteiger partial charge in [-0.1, -0.05) is 0 Å². The number of thioether (sulfide) groups is 12. The minimum atomic E-state index is -0.705. The highest BCUT2D eigenvalue weighted by Gasteiger charge is 1.99. The molecule has 1 N–H and O–H groups in total. The van der Waals surface area contributed by atoms with E-state index in [9.17, 15) is 4.79 Å². The van der Waals surface area contributed by atoms with E-state index in [1.54, 1.807) is 0 Å². The molecule has 0 radical (unpaired) electrons. The number of hydrogen-bond acceptors (Lipinski definition) is 13. The summed E-state index contributed by atoms with van der Waals surface area (Å²) in [5.41, 5.74) is 0. The molecule has 0 aromatic carbocycles.